The van der Waals surface area contributed by atoms with Crippen molar-refractivity contribution >= 4 is 53.4 Å². The molecule has 0 aliphatic carbocycles. The zero-order valence-electron chi connectivity index (χ0n) is 11.2. The van der Waals surface area contributed by atoms with E-state index in [0.29, 0.717) is 11.6 Å². The first-order valence-corrected chi connectivity index (χ1v) is 6.59. The molecule has 0 bridgehead atoms. The zero-order valence-corrected chi connectivity index (χ0v) is 13.7. The number of hydrogen-bond acceptors (Lipinski definition) is 5. The Morgan fingerprint density at radius 2 is 1.90 bits per heavy atom. The fourth-order valence-corrected chi connectivity index (χ4v) is 1.56. The van der Waals surface area contributed by atoms with Crippen LogP contribution in [0.4, 0.5) is 5.69 Å². The molecule has 0 aliphatic rings. The van der Waals surface area contributed by atoms with Gasteiger partial charge in [0.2, 0.25) is 0 Å². The van der Waals surface area contributed by atoms with E-state index in [-0.39, 0.29) is 24.8 Å². The van der Waals surface area contributed by atoms with Crippen LogP contribution in [0, 0.1) is 0 Å². The van der Waals surface area contributed by atoms with Gasteiger partial charge in [0, 0.05) is 0 Å². The van der Waals surface area contributed by atoms with Gasteiger partial charge in [-0.2, -0.15) is 0 Å². The lowest BCUT2D eigenvalue weighted by molar-refractivity contribution is -0.142. The van der Waals surface area contributed by atoms with Crippen LogP contribution in [-0.4, -0.2) is 30.5 Å². The second kappa shape index (κ2) is 10.8. The highest BCUT2D eigenvalue weighted by molar-refractivity contribution is 8.13. The maximum Gasteiger partial charge on any atom is 0.322 e. The standard InChI is InChI=1S/C12H17N3O2S.2ClH/c1-17-11(16)10(13)7-8-3-5-9(6-4-8)15-12(14)18-2;;/h3-6,10H,7,13H2,1-2H3,(H2,14,15);2*1H. The number of benzene rings is 1. The third-order valence-electron chi connectivity index (χ3n) is 2.34. The van der Waals surface area contributed by atoms with Crippen molar-refractivity contribution in [3.05, 3.63) is 29.8 Å². The third kappa shape index (κ3) is 7.00. The molecule has 0 aliphatic heterocycles. The summed E-state index contributed by atoms with van der Waals surface area (Å²) in [4.78, 5) is 15.4. The van der Waals surface area contributed by atoms with Crippen molar-refractivity contribution in [2.24, 2.45) is 16.5 Å². The number of rotatable bonds is 4. The molecule has 0 saturated heterocycles. The van der Waals surface area contributed by atoms with E-state index in [1.54, 1.807) is 0 Å². The van der Waals surface area contributed by atoms with Gasteiger partial charge in [0.05, 0.1) is 12.8 Å². The van der Waals surface area contributed by atoms with E-state index in [4.69, 9.17) is 11.5 Å². The Bertz CT molecular complexity index is 441. The Morgan fingerprint density at radius 1 is 1.35 bits per heavy atom. The molecule has 1 rings (SSSR count). The van der Waals surface area contributed by atoms with Gasteiger partial charge in [-0.15, -0.1) is 24.8 Å². The minimum absolute atomic E-state index is 0. The Hall–Kier alpha value is -0.950. The van der Waals surface area contributed by atoms with Crippen LogP contribution in [-0.2, 0) is 16.0 Å². The number of nitrogens with two attached hydrogens (primary N) is 2. The van der Waals surface area contributed by atoms with Gasteiger partial charge in [-0.1, -0.05) is 23.9 Å². The predicted octanol–water partition coefficient (Wildman–Crippen LogP) is 1.88. The number of ether oxygens (including phenoxy) is 1. The minimum Gasteiger partial charge on any atom is -0.468 e. The van der Waals surface area contributed by atoms with Crippen LogP contribution in [0.5, 0.6) is 0 Å². The first kappa shape index (κ1) is 21.4. The number of methoxy groups -OCH3 is 1. The first-order valence-electron chi connectivity index (χ1n) is 5.37. The number of aliphatic imine (C=N–C) groups is 1. The maximum atomic E-state index is 11.2. The Kier molecular flexibility index (Phi) is 11.5. The van der Waals surface area contributed by atoms with E-state index in [1.807, 2.05) is 30.5 Å². The largest absolute Gasteiger partial charge is 0.468 e. The normalized spacial score (nSPS) is 11.8. The summed E-state index contributed by atoms with van der Waals surface area (Å²) >= 11 is 1.39. The summed E-state index contributed by atoms with van der Waals surface area (Å²) in [6.07, 6.45) is 2.30. The summed E-state index contributed by atoms with van der Waals surface area (Å²) in [6.45, 7) is 0. The number of carbonyl (C=O) groups excluding carboxylic acids is 1. The molecule has 0 radical (unpaired) electrons. The maximum absolute atomic E-state index is 11.2. The number of esters is 1. The Morgan fingerprint density at radius 3 is 2.35 bits per heavy atom. The van der Waals surface area contributed by atoms with Gasteiger partial charge >= 0.3 is 5.97 Å². The number of halogens is 2. The molecule has 4 N–H and O–H groups in total. The van der Waals surface area contributed by atoms with Gasteiger partial charge in [0.15, 0.2) is 5.17 Å². The van der Waals surface area contributed by atoms with Crippen molar-refractivity contribution in [1.82, 2.24) is 0 Å². The molecule has 1 atom stereocenters. The second-order valence-electron chi connectivity index (χ2n) is 3.65. The minimum atomic E-state index is -0.638. The molecule has 0 spiro atoms. The van der Waals surface area contributed by atoms with Crippen LogP contribution >= 0.6 is 36.6 Å². The molecule has 1 aromatic carbocycles. The Balaban J connectivity index is 0. The number of nitrogens with zero attached hydrogens (tertiary/aromatic N) is 1. The quantitative estimate of drug-likeness (QED) is 0.496. The average Bonchev–Trinajstić information content (AvgIpc) is 2.39. The average molecular weight is 340 g/mol. The molecule has 1 unspecified atom stereocenters. The van der Waals surface area contributed by atoms with Gasteiger partial charge in [0.25, 0.3) is 0 Å². The van der Waals surface area contributed by atoms with E-state index in [0.717, 1.165) is 11.3 Å². The highest BCUT2D eigenvalue weighted by Gasteiger charge is 2.13. The summed E-state index contributed by atoms with van der Waals surface area (Å²) in [6, 6.07) is 6.77. The number of hydrogen-bond donors (Lipinski definition) is 2. The summed E-state index contributed by atoms with van der Waals surface area (Å²) < 4.78 is 4.57. The highest BCUT2D eigenvalue weighted by atomic mass is 35.5. The van der Waals surface area contributed by atoms with Crippen LogP contribution in [0.1, 0.15) is 5.56 Å². The van der Waals surface area contributed by atoms with Crippen molar-refractivity contribution in [3.63, 3.8) is 0 Å². The fraction of sp³-hybridized carbons (Fsp3) is 0.333. The summed E-state index contributed by atoms with van der Waals surface area (Å²) in [7, 11) is 1.32. The van der Waals surface area contributed by atoms with Crippen LogP contribution < -0.4 is 11.5 Å². The molecule has 114 valence electrons. The molecule has 0 amide bonds. The number of thioether (sulfide) groups is 1. The highest BCUT2D eigenvalue weighted by Crippen LogP contribution is 2.15. The first-order chi connectivity index (χ1) is 8.56. The van der Waals surface area contributed by atoms with Crippen molar-refractivity contribution < 1.29 is 9.53 Å². The molecular weight excluding hydrogens is 321 g/mol. The van der Waals surface area contributed by atoms with Crippen LogP contribution in [0.2, 0.25) is 0 Å². The topological polar surface area (TPSA) is 90.7 Å². The van der Waals surface area contributed by atoms with E-state index < -0.39 is 12.0 Å². The molecule has 1 aromatic rings. The van der Waals surface area contributed by atoms with E-state index >= 15 is 0 Å². The molecule has 5 nitrogen and oxygen atoms in total. The van der Waals surface area contributed by atoms with Crippen molar-refractivity contribution in [2.45, 2.75) is 12.5 Å². The second-order valence-corrected chi connectivity index (χ2v) is 4.48. The van der Waals surface area contributed by atoms with Crippen molar-refractivity contribution in [1.29, 1.82) is 0 Å². The summed E-state index contributed by atoms with van der Waals surface area (Å²) in [5.74, 6) is -0.413. The van der Waals surface area contributed by atoms with Gasteiger partial charge in [-0.25, -0.2) is 4.99 Å². The van der Waals surface area contributed by atoms with Gasteiger partial charge in [-0.3, -0.25) is 4.79 Å². The molecule has 0 fully saturated rings. The zero-order chi connectivity index (χ0) is 13.5. The van der Waals surface area contributed by atoms with Crippen LogP contribution in [0.25, 0.3) is 0 Å². The van der Waals surface area contributed by atoms with Crippen LogP contribution in [0.15, 0.2) is 29.3 Å². The van der Waals surface area contributed by atoms with Gasteiger partial charge in [-0.05, 0) is 30.4 Å². The lowest BCUT2D eigenvalue weighted by Crippen LogP contribution is -2.33. The van der Waals surface area contributed by atoms with Gasteiger partial charge in [0.1, 0.15) is 6.04 Å². The molecule has 0 aromatic heterocycles. The van der Waals surface area contributed by atoms with Gasteiger partial charge < -0.3 is 16.2 Å². The number of amidine groups is 1. The van der Waals surface area contributed by atoms with E-state index in [1.165, 1.54) is 18.9 Å². The Labute approximate surface area is 135 Å². The molecule has 20 heavy (non-hydrogen) atoms. The number of carbonyl (C=O) groups is 1. The summed E-state index contributed by atoms with van der Waals surface area (Å²) in [5.41, 5.74) is 13.0. The van der Waals surface area contributed by atoms with Crippen molar-refractivity contribution in [3.8, 4) is 0 Å². The van der Waals surface area contributed by atoms with Crippen LogP contribution in [0.3, 0.4) is 0 Å². The SMILES string of the molecule is COC(=O)C(N)Cc1ccc(N=C(N)SC)cc1.Cl.Cl. The smallest absolute Gasteiger partial charge is 0.322 e. The lowest BCUT2D eigenvalue weighted by Gasteiger charge is -2.09. The van der Waals surface area contributed by atoms with E-state index in [9.17, 15) is 4.79 Å². The molecule has 0 saturated carbocycles. The fourth-order valence-electron chi connectivity index (χ4n) is 1.37. The molecule has 0 heterocycles. The van der Waals surface area contributed by atoms with E-state index in [2.05, 4.69) is 9.73 Å². The predicted molar refractivity (Wildman–Crippen MR) is 89.4 cm³/mol. The third-order valence-corrected chi connectivity index (χ3v) is 2.85. The molecular formula is C12H19Cl2N3O2S. The monoisotopic (exact) mass is 339 g/mol. The van der Waals surface area contributed by atoms with Crippen molar-refractivity contribution in [2.75, 3.05) is 13.4 Å². The molecule has 8 heteroatoms. The lowest BCUT2D eigenvalue weighted by atomic mass is 10.1. The summed E-state index contributed by atoms with van der Waals surface area (Å²) in [5, 5.41) is 0.508.